The van der Waals surface area contributed by atoms with Gasteiger partial charge >= 0.3 is 0 Å². The summed E-state index contributed by atoms with van der Waals surface area (Å²) in [7, 11) is 0. The topological polar surface area (TPSA) is 82.5 Å². The maximum absolute atomic E-state index is 12.6. The minimum Gasteiger partial charge on any atom is -0.391 e. The van der Waals surface area contributed by atoms with Gasteiger partial charge < -0.3 is 15.3 Å². The third-order valence-corrected chi connectivity index (χ3v) is 6.05. The van der Waals surface area contributed by atoms with Gasteiger partial charge in [0.05, 0.1) is 22.2 Å². The van der Waals surface area contributed by atoms with Crippen LogP contribution >= 0.6 is 11.3 Å². The minimum atomic E-state index is -0.636. The van der Waals surface area contributed by atoms with E-state index in [1.165, 1.54) is 4.90 Å². The monoisotopic (exact) mass is 401 g/mol. The van der Waals surface area contributed by atoms with Crippen molar-refractivity contribution in [3.63, 3.8) is 0 Å². The number of hydrogen-bond acceptors (Lipinski definition) is 5. The molecule has 7 heteroatoms. The molecular formula is C21H27N3O3S. The summed E-state index contributed by atoms with van der Waals surface area (Å²) < 4.78 is 0. The highest BCUT2D eigenvalue weighted by atomic mass is 32.1. The number of likely N-dealkylation sites (tertiary alicyclic amines) is 1. The number of unbranched alkanes of at least 4 members (excludes halogenated alkanes) is 1. The van der Waals surface area contributed by atoms with Gasteiger partial charge in [-0.2, -0.15) is 0 Å². The van der Waals surface area contributed by atoms with Gasteiger partial charge in [0.1, 0.15) is 6.04 Å². The van der Waals surface area contributed by atoms with E-state index >= 15 is 0 Å². The SMILES string of the molecule is CCCCC(=O)N1CC(O)CC1C(=O)NCc1ccc(-c2scnc2C)cc1. The van der Waals surface area contributed by atoms with Gasteiger partial charge in [-0.1, -0.05) is 37.6 Å². The zero-order valence-corrected chi connectivity index (χ0v) is 17.2. The second-order valence-corrected chi connectivity index (χ2v) is 8.09. The first-order chi connectivity index (χ1) is 13.5. The van der Waals surface area contributed by atoms with Crippen LogP contribution in [0.15, 0.2) is 29.8 Å². The lowest BCUT2D eigenvalue weighted by Gasteiger charge is -2.23. The quantitative estimate of drug-likeness (QED) is 0.747. The Morgan fingerprint density at radius 1 is 1.32 bits per heavy atom. The lowest BCUT2D eigenvalue weighted by Crippen LogP contribution is -2.45. The Morgan fingerprint density at radius 2 is 2.07 bits per heavy atom. The molecule has 3 rings (SSSR count). The van der Waals surface area contributed by atoms with Gasteiger partial charge in [0, 0.05) is 25.9 Å². The van der Waals surface area contributed by atoms with Gasteiger partial charge in [-0.3, -0.25) is 9.59 Å². The number of nitrogens with one attached hydrogen (secondary N) is 1. The molecule has 6 nitrogen and oxygen atoms in total. The molecule has 1 aliphatic rings. The van der Waals surface area contributed by atoms with E-state index in [1.54, 1.807) is 11.3 Å². The van der Waals surface area contributed by atoms with Crippen molar-refractivity contribution in [1.82, 2.24) is 15.2 Å². The van der Waals surface area contributed by atoms with Crippen LogP contribution < -0.4 is 5.32 Å². The highest BCUT2D eigenvalue weighted by Crippen LogP contribution is 2.27. The van der Waals surface area contributed by atoms with Crippen LogP contribution in [0, 0.1) is 6.92 Å². The average molecular weight is 402 g/mol. The lowest BCUT2D eigenvalue weighted by molar-refractivity contribution is -0.138. The molecule has 1 aliphatic heterocycles. The van der Waals surface area contributed by atoms with Crippen molar-refractivity contribution < 1.29 is 14.7 Å². The molecule has 1 saturated heterocycles. The Kier molecular flexibility index (Phi) is 6.80. The largest absolute Gasteiger partial charge is 0.391 e. The molecule has 1 aromatic carbocycles. The minimum absolute atomic E-state index is 0.0529. The predicted octanol–water partition coefficient (Wildman–Crippen LogP) is 2.89. The number of aryl methyl sites for hydroxylation is 1. The van der Waals surface area contributed by atoms with Crippen LogP contribution in [-0.4, -0.2) is 45.5 Å². The number of aliphatic hydroxyl groups excluding tert-OH is 1. The smallest absolute Gasteiger partial charge is 0.243 e. The molecule has 2 amide bonds. The molecule has 0 bridgehead atoms. The van der Waals surface area contributed by atoms with E-state index in [9.17, 15) is 14.7 Å². The van der Waals surface area contributed by atoms with Crippen molar-refractivity contribution in [2.75, 3.05) is 6.54 Å². The van der Waals surface area contributed by atoms with Gasteiger partial charge in [-0.15, -0.1) is 11.3 Å². The van der Waals surface area contributed by atoms with Crippen LogP contribution in [0.4, 0.5) is 0 Å². The molecule has 28 heavy (non-hydrogen) atoms. The van der Waals surface area contributed by atoms with Gasteiger partial charge in [-0.25, -0.2) is 4.98 Å². The molecular weight excluding hydrogens is 374 g/mol. The van der Waals surface area contributed by atoms with Crippen molar-refractivity contribution in [1.29, 1.82) is 0 Å². The van der Waals surface area contributed by atoms with E-state index in [0.29, 0.717) is 19.4 Å². The molecule has 2 heterocycles. The number of rotatable bonds is 7. The maximum Gasteiger partial charge on any atom is 0.243 e. The number of β-amino-alcohol motifs (C(OH)–C–C–N with tert-alkyl or cyclic N) is 1. The normalized spacial score (nSPS) is 19.0. The van der Waals surface area contributed by atoms with E-state index in [-0.39, 0.29) is 18.4 Å². The first-order valence-corrected chi connectivity index (χ1v) is 10.6. The summed E-state index contributed by atoms with van der Waals surface area (Å²) in [6.07, 6.45) is 1.81. The summed E-state index contributed by atoms with van der Waals surface area (Å²) in [5.41, 5.74) is 4.95. The molecule has 0 saturated carbocycles. The van der Waals surface area contributed by atoms with Crippen LogP contribution in [0.1, 0.15) is 43.9 Å². The number of carbonyl (C=O) groups excluding carboxylic acids is 2. The predicted molar refractivity (Wildman–Crippen MR) is 110 cm³/mol. The van der Waals surface area contributed by atoms with Gasteiger partial charge in [-0.05, 0) is 24.5 Å². The average Bonchev–Trinajstić information content (AvgIpc) is 3.30. The lowest BCUT2D eigenvalue weighted by atomic mass is 10.1. The standard InChI is InChI=1S/C21H27N3O3S/c1-3-4-5-19(26)24-12-17(25)10-18(24)21(27)22-11-15-6-8-16(9-7-15)20-14(2)23-13-28-20/h6-9,13,17-18,25H,3-5,10-12H2,1-2H3,(H,22,27). The summed E-state index contributed by atoms with van der Waals surface area (Å²) in [6.45, 7) is 4.65. The Morgan fingerprint density at radius 3 is 2.71 bits per heavy atom. The fourth-order valence-electron chi connectivity index (χ4n) is 3.47. The van der Waals surface area contributed by atoms with Crippen LogP contribution in [0.2, 0.25) is 0 Å². The second-order valence-electron chi connectivity index (χ2n) is 7.24. The second kappa shape index (κ2) is 9.30. The number of nitrogens with zero attached hydrogens (tertiary/aromatic N) is 2. The third kappa shape index (κ3) is 4.77. The molecule has 1 fully saturated rings. The number of aliphatic hydroxyl groups is 1. The molecule has 0 radical (unpaired) electrons. The molecule has 150 valence electrons. The first-order valence-electron chi connectivity index (χ1n) is 9.74. The van der Waals surface area contributed by atoms with E-state index in [4.69, 9.17) is 0 Å². The fourth-order valence-corrected chi connectivity index (χ4v) is 4.28. The van der Waals surface area contributed by atoms with Gasteiger partial charge in [0.15, 0.2) is 0 Å². The fraction of sp³-hybridized carbons (Fsp3) is 0.476. The Labute approximate surface area is 169 Å². The molecule has 1 aromatic heterocycles. The van der Waals surface area contributed by atoms with Crippen molar-refractivity contribution in [2.45, 2.75) is 58.2 Å². The molecule has 2 N–H and O–H groups in total. The highest BCUT2D eigenvalue weighted by molar-refractivity contribution is 7.13. The summed E-state index contributed by atoms with van der Waals surface area (Å²) in [5.74, 6) is -0.258. The molecule has 0 spiro atoms. The zero-order chi connectivity index (χ0) is 20.1. The number of benzene rings is 1. The summed E-state index contributed by atoms with van der Waals surface area (Å²) in [5, 5.41) is 12.9. The van der Waals surface area contributed by atoms with Crippen LogP contribution in [0.3, 0.4) is 0 Å². The number of aromatic nitrogens is 1. The van der Waals surface area contributed by atoms with E-state index in [0.717, 1.165) is 34.5 Å². The molecule has 2 atom stereocenters. The number of thiazole rings is 1. The zero-order valence-electron chi connectivity index (χ0n) is 16.4. The van der Waals surface area contributed by atoms with Crippen molar-refractivity contribution >= 4 is 23.2 Å². The van der Waals surface area contributed by atoms with Crippen molar-refractivity contribution in [3.05, 3.63) is 41.0 Å². The van der Waals surface area contributed by atoms with Gasteiger partial charge in [0.2, 0.25) is 11.8 Å². The highest BCUT2D eigenvalue weighted by Gasteiger charge is 2.38. The molecule has 2 unspecified atom stereocenters. The number of carbonyl (C=O) groups is 2. The third-order valence-electron chi connectivity index (χ3n) is 5.07. The number of amides is 2. The van der Waals surface area contributed by atoms with Crippen LogP contribution in [0.5, 0.6) is 0 Å². The maximum atomic E-state index is 12.6. The molecule has 2 aromatic rings. The Balaban J connectivity index is 1.58. The summed E-state index contributed by atoms with van der Waals surface area (Å²) >= 11 is 1.61. The van der Waals surface area contributed by atoms with Crippen molar-refractivity contribution in [2.24, 2.45) is 0 Å². The van der Waals surface area contributed by atoms with Crippen molar-refractivity contribution in [3.8, 4) is 10.4 Å². The number of hydrogen-bond donors (Lipinski definition) is 2. The molecule has 0 aliphatic carbocycles. The van der Waals surface area contributed by atoms with E-state index in [1.807, 2.05) is 43.6 Å². The summed E-state index contributed by atoms with van der Waals surface area (Å²) in [4.78, 5) is 31.9. The first kappa shape index (κ1) is 20.5. The van der Waals surface area contributed by atoms with Crippen LogP contribution in [0.25, 0.3) is 10.4 Å². The van der Waals surface area contributed by atoms with Crippen LogP contribution in [-0.2, 0) is 16.1 Å². The Hall–Kier alpha value is -2.25. The summed E-state index contributed by atoms with van der Waals surface area (Å²) in [6, 6.07) is 7.45. The van der Waals surface area contributed by atoms with E-state index < -0.39 is 12.1 Å². The van der Waals surface area contributed by atoms with E-state index in [2.05, 4.69) is 10.3 Å². The van der Waals surface area contributed by atoms with Gasteiger partial charge in [0.25, 0.3) is 0 Å². The Bertz CT molecular complexity index is 819.